The van der Waals surface area contributed by atoms with Crippen LogP contribution in [0.4, 0.5) is 42.0 Å². The number of halogens is 4. The number of aryl methyl sites for hydroxylation is 2. The molecule has 1 aliphatic rings. The molecule has 0 spiro atoms. The number of alkyl halides is 3. The molecule has 3 aromatic carbocycles. The highest BCUT2D eigenvalue weighted by atomic mass is 35.5. The predicted molar refractivity (Wildman–Crippen MR) is 164 cm³/mol. The number of amides is 1. The average Bonchev–Trinajstić information content (AvgIpc) is 2.99. The SMILES string of the molecule is O=C(CCCC(=O)Nc1ccc2cc1CCc1cccc(c1)Nc1ncc(Cl)c(n1)N2)Cc1ccccc1.O=CC(F)(F)F. The third-order valence-corrected chi connectivity index (χ3v) is 6.77. The van der Waals surface area contributed by atoms with Gasteiger partial charge in [0.2, 0.25) is 18.1 Å². The topological polar surface area (TPSA) is 113 Å². The van der Waals surface area contributed by atoms with Gasteiger partial charge in [0.05, 0.1) is 6.20 Å². The first-order valence-electron chi connectivity index (χ1n) is 13.7. The zero-order valence-corrected chi connectivity index (χ0v) is 24.2. The number of aldehydes is 1. The van der Waals surface area contributed by atoms with Gasteiger partial charge in [-0.15, -0.1) is 0 Å². The Labute approximate surface area is 257 Å². The van der Waals surface area contributed by atoms with Crippen LogP contribution in [0.25, 0.3) is 0 Å². The number of ketones is 1. The zero-order valence-electron chi connectivity index (χ0n) is 23.5. The van der Waals surface area contributed by atoms with Gasteiger partial charge in [-0.2, -0.15) is 18.2 Å². The molecule has 0 radical (unpaired) electrons. The number of hydrogen-bond donors (Lipinski definition) is 3. The molecule has 0 unspecified atom stereocenters. The van der Waals surface area contributed by atoms with E-state index in [0.29, 0.717) is 36.1 Å². The minimum Gasteiger partial charge on any atom is -0.339 e. The van der Waals surface area contributed by atoms with E-state index in [0.717, 1.165) is 46.6 Å². The van der Waals surface area contributed by atoms with Gasteiger partial charge in [-0.25, -0.2) is 4.98 Å². The fraction of sp³-hybridized carbons (Fsp3) is 0.219. The molecule has 3 N–H and O–H groups in total. The van der Waals surface area contributed by atoms with Crippen molar-refractivity contribution in [1.29, 1.82) is 0 Å². The third-order valence-electron chi connectivity index (χ3n) is 6.49. The summed E-state index contributed by atoms with van der Waals surface area (Å²) in [5, 5.41) is 9.96. The molecule has 1 amide bonds. The zero-order chi connectivity index (χ0) is 31.5. The Morgan fingerprint density at radius 2 is 1.68 bits per heavy atom. The van der Waals surface area contributed by atoms with Crippen LogP contribution in [-0.4, -0.2) is 34.1 Å². The number of benzene rings is 3. The van der Waals surface area contributed by atoms with E-state index in [-0.39, 0.29) is 18.1 Å². The van der Waals surface area contributed by atoms with E-state index in [4.69, 9.17) is 16.4 Å². The number of carbonyl (C=O) groups is 3. The summed E-state index contributed by atoms with van der Waals surface area (Å²) >= 11 is 6.35. The number of Topliss-reactive ketones (excluding diaryl/α,β-unsaturated/α-hetero) is 1. The maximum atomic E-state index is 12.8. The summed E-state index contributed by atoms with van der Waals surface area (Å²) in [6.45, 7) is 0. The molecule has 5 rings (SSSR count). The number of rotatable bonds is 7. The molecule has 0 atom stereocenters. The Kier molecular flexibility index (Phi) is 11.0. The number of anilines is 5. The second-order valence-electron chi connectivity index (χ2n) is 9.97. The first-order chi connectivity index (χ1) is 21.1. The Morgan fingerprint density at radius 3 is 2.43 bits per heavy atom. The predicted octanol–water partition coefficient (Wildman–Crippen LogP) is 7.38. The molecule has 2 heterocycles. The van der Waals surface area contributed by atoms with Crippen molar-refractivity contribution < 1.29 is 27.6 Å². The van der Waals surface area contributed by atoms with E-state index in [2.05, 4.69) is 38.1 Å². The minimum absolute atomic E-state index is 0.105. The average molecular weight is 624 g/mol. The molecule has 0 saturated heterocycles. The molecule has 8 nitrogen and oxygen atoms in total. The Morgan fingerprint density at radius 1 is 0.932 bits per heavy atom. The van der Waals surface area contributed by atoms with E-state index < -0.39 is 12.5 Å². The Bertz CT molecular complexity index is 1620. The molecular formula is C32H29ClF3N5O3. The van der Waals surface area contributed by atoms with E-state index in [1.807, 2.05) is 60.7 Å². The highest BCUT2D eigenvalue weighted by molar-refractivity contribution is 6.32. The normalized spacial score (nSPS) is 12.0. The van der Waals surface area contributed by atoms with Gasteiger partial charge < -0.3 is 16.0 Å². The van der Waals surface area contributed by atoms with Crippen molar-refractivity contribution >= 4 is 58.4 Å². The number of nitrogens with zero attached hydrogens (tertiary/aromatic N) is 2. The second kappa shape index (κ2) is 15.1. The summed E-state index contributed by atoms with van der Waals surface area (Å²) < 4.78 is 31.2. The summed E-state index contributed by atoms with van der Waals surface area (Å²) in [6.07, 6.45) is -1.06. The van der Waals surface area contributed by atoms with Crippen molar-refractivity contribution in [3.63, 3.8) is 0 Å². The van der Waals surface area contributed by atoms with Gasteiger partial charge in [-0.3, -0.25) is 14.4 Å². The van der Waals surface area contributed by atoms with Crippen molar-refractivity contribution in [1.82, 2.24) is 9.97 Å². The van der Waals surface area contributed by atoms with Crippen molar-refractivity contribution in [2.45, 2.75) is 44.7 Å². The molecule has 12 heteroatoms. The third kappa shape index (κ3) is 10.2. The molecule has 0 aliphatic carbocycles. The number of fused-ring (bicyclic) bond motifs is 6. The van der Waals surface area contributed by atoms with Gasteiger partial charge in [0.25, 0.3) is 0 Å². The molecular weight excluding hydrogens is 595 g/mol. The molecule has 0 fully saturated rings. The van der Waals surface area contributed by atoms with Crippen molar-refractivity contribution in [3.05, 3.63) is 101 Å². The number of carbonyl (C=O) groups excluding carboxylic acids is 3. The van der Waals surface area contributed by atoms with Crippen LogP contribution in [0.1, 0.15) is 36.0 Å². The van der Waals surface area contributed by atoms with E-state index >= 15 is 0 Å². The maximum absolute atomic E-state index is 12.8. The molecule has 1 aromatic heterocycles. The highest BCUT2D eigenvalue weighted by Crippen LogP contribution is 2.29. The van der Waals surface area contributed by atoms with Crippen molar-refractivity contribution in [2.24, 2.45) is 0 Å². The Balaban J connectivity index is 0.000000670. The molecule has 44 heavy (non-hydrogen) atoms. The molecule has 6 bridgehead atoms. The lowest BCUT2D eigenvalue weighted by Gasteiger charge is -2.15. The number of aromatic nitrogens is 2. The fourth-order valence-electron chi connectivity index (χ4n) is 4.44. The smallest absolute Gasteiger partial charge is 0.339 e. The Hall–Kier alpha value is -4.77. The molecule has 1 aliphatic heterocycles. The number of nitrogens with one attached hydrogen (secondary N) is 3. The van der Waals surface area contributed by atoms with Crippen LogP contribution in [0.5, 0.6) is 0 Å². The first-order valence-corrected chi connectivity index (χ1v) is 14.1. The summed E-state index contributed by atoms with van der Waals surface area (Å²) in [5.41, 5.74) is 5.59. The van der Waals surface area contributed by atoms with Gasteiger partial charge in [0.15, 0.2) is 5.82 Å². The largest absolute Gasteiger partial charge is 0.446 e. The van der Waals surface area contributed by atoms with E-state index in [1.165, 1.54) is 0 Å². The van der Waals surface area contributed by atoms with Crippen LogP contribution >= 0.6 is 11.6 Å². The molecule has 228 valence electrons. The standard InChI is InChI=1S/C30H28ClN5O2.C2HF3O/c31-26-19-32-30-34-23-9-4-8-21(16-23)12-13-22-18-24(33-29(26)36-30)14-15-27(22)35-28(38)11-5-10-25(37)17-20-6-2-1-3-7-20;3-2(4,5)1-6/h1-4,6-9,14-16,18-19H,5,10-13,17H2,(H,35,38)(H2,32,33,34,36);1H. The van der Waals surface area contributed by atoms with Crippen LogP contribution < -0.4 is 16.0 Å². The van der Waals surface area contributed by atoms with Crippen molar-refractivity contribution in [2.75, 3.05) is 16.0 Å². The first kappa shape index (κ1) is 32.2. The monoisotopic (exact) mass is 623 g/mol. The van der Waals surface area contributed by atoms with Gasteiger partial charge in [0, 0.05) is 36.3 Å². The van der Waals surface area contributed by atoms with E-state index in [9.17, 15) is 22.8 Å². The number of hydrogen-bond acceptors (Lipinski definition) is 7. The van der Waals surface area contributed by atoms with Crippen LogP contribution in [0, 0.1) is 0 Å². The van der Waals surface area contributed by atoms with Gasteiger partial charge in [0.1, 0.15) is 10.8 Å². The lowest BCUT2D eigenvalue weighted by molar-refractivity contribution is -0.156. The maximum Gasteiger partial charge on any atom is 0.446 e. The fourth-order valence-corrected chi connectivity index (χ4v) is 4.57. The van der Waals surface area contributed by atoms with Crippen LogP contribution in [0.3, 0.4) is 0 Å². The van der Waals surface area contributed by atoms with Gasteiger partial charge >= 0.3 is 6.18 Å². The van der Waals surface area contributed by atoms with Gasteiger partial charge in [-0.1, -0.05) is 54.1 Å². The van der Waals surface area contributed by atoms with Crippen LogP contribution in [0.15, 0.2) is 79.0 Å². The summed E-state index contributed by atoms with van der Waals surface area (Å²) in [7, 11) is 0. The van der Waals surface area contributed by atoms with Crippen LogP contribution in [-0.2, 0) is 33.6 Å². The van der Waals surface area contributed by atoms with Crippen LogP contribution in [0.2, 0.25) is 5.02 Å². The van der Waals surface area contributed by atoms with Gasteiger partial charge in [-0.05, 0) is 66.3 Å². The van der Waals surface area contributed by atoms with Crippen molar-refractivity contribution in [3.8, 4) is 0 Å². The molecule has 4 aromatic rings. The summed E-state index contributed by atoms with van der Waals surface area (Å²) in [6, 6.07) is 23.5. The molecule has 0 saturated carbocycles. The summed E-state index contributed by atoms with van der Waals surface area (Å²) in [4.78, 5) is 42.6. The quantitative estimate of drug-likeness (QED) is 0.184. The lowest BCUT2D eigenvalue weighted by Crippen LogP contribution is -2.14. The summed E-state index contributed by atoms with van der Waals surface area (Å²) in [5.74, 6) is 0.968. The second-order valence-corrected chi connectivity index (χ2v) is 10.4. The van der Waals surface area contributed by atoms with E-state index in [1.54, 1.807) is 6.20 Å². The highest BCUT2D eigenvalue weighted by Gasteiger charge is 2.25. The lowest BCUT2D eigenvalue weighted by atomic mass is 10.0. The minimum atomic E-state index is -4.64.